The highest BCUT2D eigenvalue weighted by atomic mass is 35.5. The number of likely N-dealkylation sites (N-methyl/N-ethyl adjacent to an activating group) is 1. The third kappa shape index (κ3) is 5.36. The van der Waals surface area contributed by atoms with Gasteiger partial charge in [0.25, 0.3) is 5.91 Å². The maximum Gasteiger partial charge on any atom is 0.335 e. The first-order valence-corrected chi connectivity index (χ1v) is 10.3. The fraction of sp³-hybridized carbons (Fsp3) is 0.292. The van der Waals surface area contributed by atoms with Gasteiger partial charge in [-0.15, -0.1) is 0 Å². The van der Waals surface area contributed by atoms with E-state index in [1.165, 1.54) is 12.3 Å². The van der Waals surface area contributed by atoms with E-state index in [9.17, 15) is 14.7 Å². The average Bonchev–Trinajstić information content (AvgIpc) is 2.91. The number of hydrogen-bond acceptors (Lipinski definition) is 3. The number of carbonyl (C=O) groups is 2. The van der Waals surface area contributed by atoms with Crippen LogP contribution < -0.4 is 5.32 Å². The highest BCUT2D eigenvalue weighted by Crippen LogP contribution is 2.34. The molecule has 2 atom stereocenters. The van der Waals surface area contributed by atoms with Crippen LogP contribution in [0.3, 0.4) is 0 Å². The first kappa shape index (κ1) is 21.8. The third-order valence-electron chi connectivity index (χ3n) is 5.30. The van der Waals surface area contributed by atoms with Crippen molar-refractivity contribution in [3.63, 3.8) is 0 Å². The fourth-order valence-electron chi connectivity index (χ4n) is 3.76. The number of carboxylic acids is 1. The summed E-state index contributed by atoms with van der Waals surface area (Å²) in [5.41, 5.74) is 3.68. The lowest BCUT2D eigenvalue weighted by atomic mass is 9.91. The molecule has 1 amide bonds. The molecule has 1 aromatic carbocycles. The molecule has 1 aliphatic carbocycles. The molecular weight excluding hydrogens is 400 g/mol. The molecule has 2 aromatic rings. The number of aromatic carboxylic acids is 1. The van der Waals surface area contributed by atoms with Crippen LogP contribution in [0, 0.1) is 5.92 Å². The predicted molar refractivity (Wildman–Crippen MR) is 118 cm³/mol. The molecule has 30 heavy (non-hydrogen) atoms. The minimum Gasteiger partial charge on any atom is -0.478 e. The van der Waals surface area contributed by atoms with Crippen molar-refractivity contribution in [1.29, 1.82) is 0 Å². The number of aryl methyl sites for hydroxylation is 1. The summed E-state index contributed by atoms with van der Waals surface area (Å²) in [6, 6.07) is 10.8. The summed E-state index contributed by atoms with van der Waals surface area (Å²) >= 11 is 5.98. The number of aromatic nitrogens is 1. The van der Waals surface area contributed by atoms with Gasteiger partial charge in [-0.25, -0.2) is 4.79 Å². The third-order valence-corrected chi connectivity index (χ3v) is 5.55. The molecule has 0 aliphatic heterocycles. The van der Waals surface area contributed by atoms with Crippen molar-refractivity contribution in [2.24, 2.45) is 5.92 Å². The molecule has 2 N–H and O–H groups in total. The van der Waals surface area contributed by atoms with Gasteiger partial charge < -0.3 is 10.4 Å². The monoisotopic (exact) mass is 424 g/mol. The molecule has 0 bridgehead atoms. The van der Waals surface area contributed by atoms with E-state index in [0.717, 1.165) is 24.0 Å². The van der Waals surface area contributed by atoms with Gasteiger partial charge in [0.2, 0.25) is 0 Å². The largest absolute Gasteiger partial charge is 0.478 e. The molecule has 5 nitrogen and oxygen atoms in total. The lowest BCUT2D eigenvalue weighted by molar-refractivity contribution is -0.116. The number of rotatable bonds is 6. The Kier molecular flexibility index (Phi) is 7.06. The van der Waals surface area contributed by atoms with Gasteiger partial charge in [0.1, 0.15) is 0 Å². The van der Waals surface area contributed by atoms with Crippen molar-refractivity contribution in [1.82, 2.24) is 10.3 Å². The maximum atomic E-state index is 12.6. The van der Waals surface area contributed by atoms with Crippen molar-refractivity contribution in [2.45, 2.75) is 32.1 Å². The molecule has 3 rings (SSSR count). The van der Waals surface area contributed by atoms with E-state index in [1.54, 1.807) is 13.1 Å². The summed E-state index contributed by atoms with van der Waals surface area (Å²) in [4.78, 5) is 28.4. The smallest absolute Gasteiger partial charge is 0.335 e. The number of halogens is 1. The number of hydrogen-bond donors (Lipinski definition) is 2. The Morgan fingerprint density at radius 3 is 2.57 bits per heavy atom. The molecule has 156 valence electrons. The molecule has 1 heterocycles. The van der Waals surface area contributed by atoms with E-state index in [2.05, 4.69) is 23.3 Å². The van der Waals surface area contributed by atoms with Gasteiger partial charge in [0, 0.05) is 35.5 Å². The average molecular weight is 425 g/mol. The van der Waals surface area contributed by atoms with Crippen LogP contribution in [0.5, 0.6) is 0 Å². The molecule has 6 heteroatoms. The summed E-state index contributed by atoms with van der Waals surface area (Å²) in [5, 5.41) is 12.8. The zero-order valence-corrected chi connectivity index (χ0v) is 17.8. The van der Waals surface area contributed by atoms with Crippen LogP contribution >= 0.6 is 11.6 Å². The zero-order chi connectivity index (χ0) is 21.7. The van der Waals surface area contributed by atoms with Gasteiger partial charge in [-0.05, 0) is 60.6 Å². The van der Waals surface area contributed by atoms with Crippen molar-refractivity contribution < 1.29 is 14.7 Å². The van der Waals surface area contributed by atoms with Crippen LogP contribution in [0.4, 0.5) is 0 Å². The van der Waals surface area contributed by atoms with Crippen molar-refractivity contribution >= 4 is 23.5 Å². The molecular formula is C24H25ClN2O3. The standard InChI is InChI=1S/C24H25ClN2O3/c1-15-11-19(22-14-18(24(29)30)9-10-27-22)13-17(21(12-15)23(28)26-2)6-3-16-4-7-20(25)8-5-16/h4-5,7-10,12-15,19H,3,6,11H2,1-2H3,(H,26,28)(H,29,30). The molecule has 1 aromatic heterocycles. The Hall–Kier alpha value is -2.92. The predicted octanol–water partition coefficient (Wildman–Crippen LogP) is 4.79. The first-order valence-electron chi connectivity index (χ1n) is 9.96. The number of pyridine rings is 1. The topological polar surface area (TPSA) is 79.3 Å². The van der Waals surface area contributed by atoms with E-state index in [4.69, 9.17) is 11.6 Å². The SMILES string of the molecule is CNC(=O)C1=CC(C)CC(c2cc(C(=O)O)ccn2)C=C1CCc1ccc(Cl)cc1. The van der Waals surface area contributed by atoms with Crippen LogP contribution in [0.1, 0.15) is 47.3 Å². The molecule has 0 saturated heterocycles. The highest BCUT2D eigenvalue weighted by Gasteiger charge is 2.24. The van der Waals surface area contributed by atoms with E-state index >= 15 is 0 Å². The Morgan fingerprint density at radius 2 is 1.90 bits per heavy atom. The first-order chi connectivity index (χ1) is 14.4. The van der Waals surface area contributed by atoms with E-state index < -0.39 is 5.97 Å². The van der Waals surface area contributed by atoms with Crippen molar-refractivity contribution in [3.05, 3.63) is 87.7 Å². The summed E-state index contributed by atoms with van der Waals surface area (Å²) in [6.45, 7) is 2.06. The molecule has 0 saturated carbocycles. The van der Waals surface area contributed by atoms with Gasteiger partial charge in [-0.2, -0.15) is 0 Å². The molecule has 2 unspecified atom stereocenters. The van der Waals surface area contributed by atoms with Gasteiger partial charge in [-0.1, -0.05) is 42.8 Å². The zero-order valence-electron chi connectivity index (χ0n) is 17.1. The van der Waals surface area contributed by atoms with Crippen LogP contribution in [0.25, 0.3) is 0 Å². The van der Waals surface area contributed by atoms with Gasteiger partial charge in [0.15, 0.2) is 0 Å². The van der Waals surface area contributed by atoms with Crippen LogP contribution in [-0.2, 0) is 11.2 Å². The number of carbonyl (C=O) groups excluding carboxylic acids is 1. The highest BCUT2D eigenvalue weighted by molar-refractivity contribution is 6.30. The number of nitrogens with zero attached hydrogens (tertiary/aromatic N) is 1. The lowest BCUT2D eigenvalue weighted by Crippen LogP contribution is -2.21. The Bertz CT molecular complexity index is 996. The maximum absolute atomic E-state index is 12.6. The van der Waals surface area contributed by atoms with Gasteiger partial charge >= 0.3 is 5.97 Å². The molecule has 0 fully saturated rings. The van der Waals surface area contributed by atoms with Crippen molar-refractivity contribution in [2.75, 3.05) is 7.05 Å². The summed E-state index contributed by atoms with van der Waals surface area (Å²) in [5.74, 6) is -1.02. The number of nitrogens with one attached hydrogen (secondary N) is 1. The molecule has 0 radical (unpaired) electrons. The second-order valence-corrected chi connectivity index (χ2v) is 8.01. The normalized spacial score (nSPS) is 18.8. The second kappa shape index (κ2) is 9.72. The Balaban J connectivity index is 1.95. The van der Waals surface area contributed by atoms with Crippen LogP contribution in [0.15, 0.2) is 65.9 Å². The summed E-state index contributed by atoms with van der Waals surface area (Å²) in [7, 11) is 1.63. The fourth-order valence-corrected chi connectivity index (χ4v) is 3.88. The Labute approximate surface area is 181 Å². The number of carboxylic acid groups (broad SMARTS) is 1. The van der Waals surface area contributed by atoms with Gasteiger partial charge in [0.05, 0.1) is 5.56 Å². The minimum atomic E-state index is -0.976. The number of benzene rings is 1. The quantitative estimate of drug-likeness (QED) is 0.698. The Morgan fingerprint density at radius 1 is 1.17 bits per heavy atom. The molecule has 0 spiro atoms. The van der Waals surface area contributed by atoms with Crippen LogP contribution in [-0.4, -0.2) is 29.0 Å². The van der Waals surface area contributed by atoms with E-state index in [0.29, 0.717) is 22.7 Å². The summed E-state index contributed by atoms with van der Waals surface area (Å²) < 4.78 is 0. The minimum absolute atomic E-state index is 0.0714. The molecule has 1 aliphatic rings. The van der Waals surface area contributed by atoms with E-state index in [1.807, 2.05) is 30.3 Å². The number of allylic oxidation sites excluding steroid dienone is 2. The van der Waals surface area contributed by atoms with Gasteiger partial charge in [-0.3, -0.25) is 9.78 Å². The van der Waals surface area contributed by atoms with E-state index in [-0.39, 0.29) is 23.3 Å². The van der Waals surface area contributed by atoms with Crippen LogP contribution in [0.2, 0.25) is 5.02 Å². The summed E-state index contributed by atoms with van der Waals surface area (Å²) in [6.07, 6.45) is 7.81. The lowest BCUT2D eigenvalue weighted by Gasteiger charge is -2.15. The van der Waals surface area contributed by atoms with Crippen molar-refractivity contribution in [3.8, 4) is 0 Å². The number of amides is 1. The second-order valence-electron chi connectivity index (χ2n) is 7.57.